The Morgan fingerprint density at radius 1 is 1.25 bits per heavy atom. The lowest BCUT2D eigenvalue weighted by Crippen LogP contribution is -2.03. The van der Waals surface area contributed by atoms with E-state index in [0.717, 1.165) is 29.7 Å². The van der Waals surface area contributed by atoms with Gasteiger partial charge in [-0.15, -0.1) is 0 Å². The lowest BCUT2D eigenvalue weighted by Gasteiger charge is -2.07. The zero-order chi connectivity index (χ0) is 11.4. The van der Waals surface area contributed by atoms with Crippen LogP contribution < -0.4 is 5.32 Å². The van der Waals surface area contributed by atoms with Crippen LogP contribution in [0.3, 0.4) is 0 Å². The summed E-state index contributed by atoms with van der Waals surface area (Å²) in [5, 5.41) is 4.46. The molecule has 0 fully saturated rings. The van der Waals surface area contributed by atoms with Gasteiger partial charge in [0.2, 0.25) is 0 Å². The molecular formula is C13H17N3. The van der Waals surface area contributed by atoms with Crippen molar-refractivity contribution in [1.82, 2.24) is 9.97 Å². The van der Waals surface area contributed by atoms with Crippen LogP contribution >= 0.6 is 0 Å². The number of aryl methyl sites for hydroxylation is 1. The van der Waals surface area contributed by atoms with Gasteiger partial charge in [-0.1, -0.05) is 19.4 Å². The van der Waals surface area contributed by atoms with Crippen LogP contribution in [0, 0.1) is 6.92 Å². The second-order valence-electron chi connectivity index (χ2n) is 4.02. The lowest BCUT2D eigenvalue weighted by molar-refractivity contribution is 0.831. The SMILES string of the molecule is CCCCNc1ncnc2cc(C)ccc12. The number of hydrogen-bond acceptors (Lipinski definition) is 3. The molecule has 0 saturated heterocycles. The molecule has 3 heteroatoms. The summed E-state index contributed by atoms with van der Waals surface area (Å²) in [6, 6.07) is 6.26. The first-order valence-corrected chi connectivity index (χ1v) is 5.76. The number of unbranched alkanes of at least 4 members (excludes halogenated alkanes) is 1. The van der Waals surface area contributed by atoms with E-state index in [9.17, 15) is 0 Å². The van der Waals surface area contributed by atoms with Crippen molar-refractivity contribution in [3.05, 3.63) is 30.1 Å². The van der Waals surface area contributed by atoms with Crippen molar-refractivity contribution in [2.75, 3.05) is 11.9 Å². The minimum Gasteiger partial charge on any atom is -0.369 e. The van der Waals surface area contributed by atoms with Gasteiger partial charge in [0.25, 0.3) is 0 Å². The maximum Gasteiger partial charge on any atom is 0.137 e. The molecule has 2 rings (SSSR count). The van der Waals surface area contributed by atoms with Crippen LogP contribution in [-0.4, -0.2) is 16.5 Å². The van der Waals surface area contributed by atoms with Crippen molar-refractivity contribution in [3.8, 4) is 0 Å². The summed E-state index contributed by atoms with van der Waals surface area (Å²) >= 11 is 0. The van der Waals surface area contributed by atoms with E-state index in [1.807, 2.05) is 0 Å². The van der Waals surface area contributed by atoms with Gasteiger partial charge in [0.15, 0.2) is 0 Å². The predicted molar refractivity (Wildman–Crippen MR) is 67.7 cm³/mol. The number of anilines is 1. The summed E-state index contributed by atoms with van der Waals surface area (Å²) < 4.78 is 0. The highest BCUT2D eigenvalue weighted by Gasteiger charge is 2.02. The van der Waals surface area contributed by atoms with Gasteiger partial charge in [0.1, 0.15) is 12.1 Å². The van der Waals surface area contributed by atoms with Gasteiger partial charge < -0.3 is 5.32 Å². The van der Waals surface area contributed by atoms with Crippen molar-refractivity contribution in [2.24, 2.45) is 0 Å². The molecule has 0 bridgehead atoms. The Labute approximate surface area is 95.9 Å². The van der Waals surface area contributed by atoms with Crippen LogP contribution in [0.5, 0.6) is 0 Å². The molecule has 0 radical (unpaired) electrons. The third kappa shape index (κ3) is 2.30. The third-order valence-electron chi connectivity index (χ3n) is 2.61. The van der Waals surface area contributed by atoms with Crippen LogP contribution in [0.1, 0.15) is 25.3 Å². The summed E-state index contributed by atoms with van der Waals surface area (Å²) in [4.78, 5) is 8.57. The highest BCUT2D eigenvalue weighted by molar-refractivity contribution is 5.89. The molecule has 16 heavy (non-hydrogen) atoms. The van der Waals surface area contributed by atoms with Crippen molar-refractivity contribution < 1.29 is 0 Å². The number of aromatic nitrogens is 2. The maximum atomic E-state index is 4.29. The van der Waals surface area contributed by atoms with E-state index >= 15 is 0 Å². The Balaban J connectivity index is 2.30. The van der Waals surface area contributed by atoms with E-state index in [4.69, 9.17) is 0 Å². The number of hydrogen-bond donors (Lipinski definition) is 1. The molecule has 1 N–H and O–H groups in total. The fourth-order valence-corrected chi connectivity index (χ4v) is 1.69. The highest BCUT2D eigenvalue weighted by Crippen LogP contribution is 2.19. The standard InChI is InChI=1S/C13H17N3/c1-3-4-7-14-13-11-6-5-10(2)8-12(11)15-9-16-13/h5-6,8-9H,3-4,7H2,1-2H3,(H,14,15,16). The maximum absolute atomic E-state index is 4.29. The molecule has 0 amide bonds. The first-order valence-electron chi connectivity index (χ1n) is 5.76. The number of nitrogens with one attached hydrogen (secondary N) is 1. The first-order chi connectivity index (χ1) is 7.81. The molecule has 0 aliphatic heterocycles. The molecule has 1 aromatic carbocycles. The van der Waals surface area contributed by atoms with E-state index in [1.165, 1.54) is 12.0 Å². The smallest absolute Gasteiger partial charge is 0.137 e. The van der Waals surface area contributed by atoms with E-state index in [-0.39, 0.29) is 0 Å². The fourth-order valence-electron chi connectivity index (χ4n) is 1.69. The van der Waals surface area contributed by atoms with Crippen LogP contribution in [0.25, 0.3) is 10.9 Å². The Kier molecular flexibility index (Phi) is 3.34. The van der Waals surface area contributed by atoms with Gasteiger partial charge in [0, 0.05) is 11.9 Å². The quantitative estimate of drug-likeness (QED) is 0.796. The second kappa shape index (κ2) is 4.92. The molecule has 1 heterocycles. The Hall–Kier alpha value is -1.64. The van der Waals surface area contributed by atoms with Gasteiger partial charge in [-0.3, -0.25) is 0 Å². The van der Waals surface area contributed by atoms with Gasteiger partial charge >= 0.3 is 0 Å². The molecule has 1 aromatic heterocycles. The zero-order valence-electron chi connectivity index (χ0n) is 9.83. The van der Waals surface area contributed by atoms with Gasteiger partial charge in [0.05, 0.1) is 5.52 Å². The Morgan fingerprint density at radius 3 is 2.94 bits per heavy atom. The van der Waals surface area contributed by atoms with E-state index < -0.39 is 0 Å². The molecule has 84 valence electrons. The Morgan fingerprint density at radius 2 is 2.12 bits per heavy atom. The molecule has 3 nitrogen and oxygen atoms in total. The predicted octanol–water partition coefficient (Wildman–Crippen LogP) is 3.15. The lowest BCUT2D eigenvalue weighted by atomic mass is 10.1. The third-order valence-corrected chi connectivity index (χ3v) is 2.61. The molecule has 0 unspecified atom stereocenters. The summed E-state index contributed by atoms with van der Waals surface area (Å²) in [6.07, 6.45) is 3.97. The average Bonchev–Trinajstić information content (AvgIpc) is 2.29. The fraction of sp³-hybridized carbons (Fsp3) is 0.385. The molecular weight excluding hydrogens is 198 g/mol. The van der Waals surface area contributed by atoms with Crippen LogP contribution in [0.2, 0.25) is 0 Å². The monoisotopic (exact) mass is 215 g/mol. The molecule has 0 saturated carbocycles. The van der Waals surface area contributed by atoms with E-state index in [1.54, 1.807) is 6.33 Å². The largest absolute Gasteiger partial charge is 0.369 e. The minimum absolute atomic E-state index is 0.943. The van der Waals surface area contributed by atoms with Crippen molar-refractivity contribution >= 4 is 16.7 Å². The summed E-state index contributed by atoms with van der Waals surface area (Å²) in [7, 11) is 0. The summed E-state index contributed by atoms with van der Waals surface area (Å²) in [5.41, 5.74) is 2.24. The number of benzene rings is 1. The van der Waals surface area contributed by atoms with Gasteiger partial charge in [-0.05, 0) is 31.0 Å². The minimum atomic E-state index is 0.943. The van der Waals surface area contributed by atoms with Crippen LogP contribution in [0.4, 0.5) is 5.82 Å². The first kappa shape index (κ1) is 10.9. The van der Waals surface area contributed by atoms with Gasteiger partial charge in [-0.2, -0.15) is 0 Å². The average molecular weight is 215 g/mol. The second-order valence-corrected chi connectivity index (χ2v) is 4.02. The molecule has 0 aliphatic carbocycles. The van der Waals surface area contributed by atoms with Crippen LogP contribution in [-0.2, 0) is 0 Å². The van der Waals surface area contributed by atoms with E-state index in [0.29, 0.717) is 0 Å². The van der Waals surface area contributed by atoms with Gasteiger partial charge in [-0.25, -0.2) is 9.97 Å². The molecule has 0 atom stereocenters. The van der Waals surface area contributed by atoms with E-state index in [2.05, 4.69) is 47.3 Å². The molecule has 0 aliphatic rings. The van der Waals surface area contributed by atoms with Crippen molar-refractivity contribution in [1.29, 1.82) is 0 Å². The highest BCUT2D eigenvalue weighted by atomic mass is 15.0. The summed E-state index contributed by atoms with van der Waals surface area (Å²) in [5.74, 6) is 0.943. The molecule has 0 spiro atoms. The van der Waals surface area contributed by atoms with Crippen molar-refractivity contribution in [2.45, 2.75) is 26.7 Å². The normalized spacial score (nSPS) is 10.6. The number of nitrogens with zero attached hydrogens (tertiary/aromatic N) is 2. The number of fused-ring (bicyclic) bond motifs is 1. The molecule has 2 aromatic rings. The number of rotatable bonds is 4. The summed E-state index contributed by atoms with van der Waals surface area (Å²) in [6.45, 7) is 5.23. The topological polar surface area (TPSA) is 37.8 Å². The zero-order valence-corrected chi connectivity index (χ0v) is 9.83. The Bertz CT molecular complexity index is 480. The van der Waals surface area contributed by atoms with Crippen LogP contribution in [0.15, 0.2) is 24.5 Å². The van der Waals surface area contributed by atoms with Crippen molar-refractivity contribution in [3.63, 3.8) is 0 Å².